The summed E-state index contributed by atoms with van der Waals surface area (Å²) in [5.41, 5.74) is 1.96. The highest BCUT2D eigenvalue weighted by Crippen LogP contribution is 2.43. The Labute approximate surface area is 220 Å². The van der Waals surface area contributed by atoms with Crippen LogP contribution in [0, 0.1) is 0 Å². The normalized spacial score (nSPS) is 19.8. The molecule has 8 nitrogen and oxygen atoms in total. The highest BCUT2D eigenvalue weighted by molar-refractivity contribution is 6.46. The van der Waals surface area contributed by atoms with Gasteiger partial charge in [0.05, 0.1) is 31.0 Å². The molecule has 2 atom stereocenters. The number of Topliss-reactive ketones (excluding diaryl/α,β-unsaturated/α-hetero) is 1. The van der Waals surface area contributed by atoms with Crippen LogP contribution < -0.4 is 14.2 Å². The van der Waals surface area contributed by atoms with E-state index in [2.05, 4.69) is 6.58 Å². The van der Waals surface area contributed by atoms with E-state index in [0.717, 1.165) is 11.3 Å². The van der Waals surface area contributed by atoms with Crippen LogP contribution in [-0.2, 0) is 22.6 Å². The predicted molar refractivity (Wildman–Crippen MR) is 140 cm³/mol. The van der Waals surface area contributed by atoms with Crippen molar-refractivity contribution in [3.63, 3.8) is 0 Å². The molecule has 0 saturated carbocycles. The SMILES string of the molecule is C=CCOc1ccc(C2/C(=C(/O)c3ccc4c(c3)CC(C)O4)C(=O)C(=O)N2Cc2ccco2)cc1OCC. The number of carbonyl (C=O) groups excluding carboxylic acids is 2. The van der Waals surface area contributed by atoms with Crippen LogP contribution in [0.1, 0.15) is 42.3 Å². The summed E-state index contributed by atoms with van der Waals surface area (Å²) < 4.78 is 22.8. The lowest BCUT2D eigenvalue weighted by molar-refractivity contribution is -0.140. The van der Waals surface area contributed by atoms with Crippen molar-refractivity contribution in [1.29, 1.82) is 0 Å². The Bertz CT molecular complexity index is 1410. The molecule has 0 spiro atoms. The first kappa shape index (κ1) is 25.2. The van der Waals surface area contributed by atoms with E-state index in [4.69, 9.17) is 18.6 Å². The van der Waals surface area contributed by atoms with Crippen LogP contribution in [0.25, 0.3) is 5.76 Å². The quantitative estimate of drug-likeness (QED) is 0.181. The molecule has 2 unspecified atom stereocenters. The predicted octanol–water partition coefficient (Wildman–Crippen LogP) is 5.19. The number of carbonyl (C=O) groups is 2. The number of ether oxygens (including phenoxy) is 3. The van der Waals surface area contributed by atoms with E-state index in [0.29, 0.717) is 41.4 Å². The number of fused-ring (bicyclic) bond motifs is 1. The Morgan fingerprint density at radius 3 is 2.74 bits per heavy atom. The minimum Gasteiger partial charge on any atom is -0.507 e. The number of hydrogen-bond acceptors (Lipinski definition) is 7. The standard InChI is InChI=1S/C30H29NO7/c1-4-12-37-24-11-8-19(16-25(24)35-5-2)27-26(29(33)30(34)31(27)17-22-7-6-13-36-22)28(32)20-9-10-23-21(15-20)14-18(3)38-23/h4,6-11,13,15-16,18,27,32H,1,5,12,14,17H2,2-3H3/b28-26-. The van der Waals surface area contributed by atoms with Gasteiger partial charge in [0.15, 0.2) is 11.5 Å². The average molecular weight is 516 g/mol. The van der Waals surface area contributed by atoms with Gasteiger partial charge in [-0.2, -0.15) is 0 Å². The zero-order chi connectivity index (χ0) is 26.8. The molecule has 3 heterocycles. The lowest BCUT2D eigenvalue weighted by Gasteiger charge is -2.25. The summed E-state index contributed by atoms with van der Waals surface area (Å²) in [4.78, 5) is 28.1. The Morgan fingerprint density at radius 2 is 2.00 bits per heavy atom. The summed E-state index contributed by atoms with van der Waals surface area (Å²) in [5.74, 6) is 0.481. The lowest BCUT2D eigenvalue weighted by atomic mass is 9.94. The highest BCUT2D eigenvalue weighted by Gasteiger charge is 2.46. The molecule has 1 amide bonds. The zero-order valence-electron chi connectivity index (χ0n) is 21.3. The zero-order valence-corrected chi connectivity index (χ0v) is 21.3. The van der Waals surface area contributed by atoms with Crippen molar-refractivity contribution in [2.45, 2.75) is 39.0 Å². The molecule has 1 N–H and O–H groups in total. The molecule has 1 aromatic heterocycles. The van der Waals surface area contributed by atoms with Crippen molar-refractivity contribution in [1.82, 2.24) is 4.90 Å². The van der Waals surface area contributed by atoms with Crippen LogP contribution in [0.3, 0.4) is 0 Å². The van der Waals surface area contributed by atoms with Crippen molar-refractivity contribution in [2.75, 3.05) is 13.2 Å². The first-order valence-corrected chi connectivity index (χ1v) is 12.5. The number of furan rings is 1. The molecule has 196 valence electrons. The van der Waals surface area contributed by atoms with E-state index in [1.807, 2.05) is 19.9 Å². The van der Waals surface area contributed by atoms with Crippen molar-refractivity contribution < 1.29 is 33.3 Å². The fourth-order valence-corrected chi connectivity index (χ4v) is 4.92. The summed E-state index contributed by atoms with van der Waals surface area (Å²) in [6, 6.07) is 13.1. The van der Waals surface area contributed by atoms with Gasteiger partial charge in [-0.15, -0.1) is 0 Å². The average Bonchev–Trinajstić information content (AvgIpc) is 3.62. The van der Waals surface area contributed by atoms with Gasteiger partial charge in [0, 0.05) is 12.0 Å². The summed E-state index contributed by atoms with van der Waals surface area (Å²) in [5, 5.41) is 11.5. The Balaban J connectivity index is 1.63. The number of ketones is 1. The second kappa shape index (κ2) is 10.5. The van der Waals surface area contributed by atoms with Gasteiger partial charge in [0.2, 0.25) is 0 Å². The largest absolute Gasteiger partial charge is 0.507 e. The minimum atomic E-state index is -0.879. The van der Waals surface area contributed by atoms with Crippen molar-refractivity contribution >= 4 is 17.4 Å². The van der Waals surface area contributed by atoms with Gasteiger partial charge in [-0.3, -0.25) is 9.59 Å². The second-order valence-electron chi connectivity index (χ2n) is 9.20. The Kier molecular flexibility index (Phi) is 6.96. The first-order chi connectivity index (χ1) is 18.4. The second-order valence-corrected chi connectivity index (χ2v) is 9.20. The molecule has 5 rings (SSSR count). The smallest absolute Gasteiger partial charge is 0.296 e. The van der Waals surface area contributed by atoms with Crippen LogP contribution >= 0.6 is 0 Å². The summed E-state index contributed by atoms with van der Waals surface area (Å²) in [6.45, 7) is 8.23. The van der Waals surface area contributed by atoms with Gasteiger partial charge in [-0.1, -0.05) is 18.7 Å². The number of amides is 1. The van der Waals surface area contributed by atoms with Gasteiger partial charge in [-0.25, -0.2) is 0 Å². The van der Waals surface area contributed by atoms with Crippen molar-refractivity contribution in [2.24, 2.45) is 0 Å². The van der Waals surface area contributed by atoms with Crippen LogP contribution in [0.4, 0.5) is 0 Å². The van der Waals surface area contributed by atoms with Gasteiger partial charge in [0.1, 0.15) is 30.0 Å². The summed E-state index contributed by atoms with van der Waals surface area (Å²) in [6.07, 6.45) is 3.86. The van der Waals surface area contributed by atoms with E-state index in [1.54, 1.807) is 48.5 Å². The number of benzene rings is 2. The fraction of sp³-hybridized carbons (Fsp3) is 0.267. The third kappa shape index (κ3) is 4.65. The summed E-state index contributed by atoms with van der Waals surface area (Å²) in [7, 11) is 0. The van der Waals surface area contributed by atoms with Crippen molar-refractivity contribution in [3.05, 3.63) is 95.5 Å². The molecule has 0 bridgehead atoms. The molecule has 0 aliphatic carbocycles. The van der Waals surface area contributed by atoms with E-state index < -0.39 is 17.7 Å². The Hall–Kier alpha value is -4.46. The fourth-order valence-electron chi connectivity index (χ4n) is 4.92. The van der Waals surface area contributed by atoms with E-state index in [1.165, 1.54) is 11.2 Å². The van der Waals surface area contributed by atoms with Gasteiger partial charge < -0.3 is 28.6 Å². The first-order valence-electron chi connectivity index (χ1n) is 12.5. The monoisotopic (exact) mass is 515 g/mol. The maximum Gasteiger partial charge on any atom is 0.296 e. The minimum absolute atomic E-state index is 0.00400. The van der Waals surface area contributed by atoms with Crippen LogP contribution in [0.5, 0.6) is 17.2 Å². The van der Waals surface area contributed by atoms with E-state index in [9.17, 15) is 14.7 Å². The third-order valence-corrected chi connectivity index (χ3v) is 6.56. The Morgan fingerprint density at radius 1 is 1.16 bits per heavy atom. The molecule has 0 radical (unpaired) electrons. The van der Waals surface area contributed by atoms with E-state index in [-0.39, 0.29) is 30.6 Å². The molecule has 2 aromatic carbocycles. The molecule has 8 heteroatoms. The van der Waals surface area contributed by atoms with Gasteiger partial charge in [-0.05, 0) is 67.4 Å². The van der Waals surface area contributed by atoms with Crippen LogP contribution in [0.15, 0.2) is 77.4 Å². The highest BCUT2D eigenvalue weighted by atomic mass is 16.5. The topological polar surface area (TPSA) is 98.4 Å². The third-order valence-electron chi connectivity index (χ3n) is 6.56. The maximum atomic E-state index is 13.4. The molecule has 38 heavy (non-hydrogen) atoms. The molecule has 1 fully saturated rings. The number of aliphatic hydroxyl groups is 1. The molecular formula is C30H29NO7. The van der Waals surface area contributed by atoms with Crippen LogP contribution in [0.2, 0.25) is 0 Å². The number of hydrogen-bond donors (Lipinski definition) is 1. The molecule has 2 aliphatic rings. The molecular weight excluding hydrogens is 486 g/mol. The van der Waals surface area contributed by atoms with E-state index >= 15 is 0 Å². The number of likely N-dealkylation sites (tertiary alicyclic amines) is 1. The maximum absolute atomic E-state index is 13.4. The van der Waals surface area contributed by atoms with Crippen LogP contribution in [-0.4, -0.2) is 41.0 Å². The van der Waals surface area contributed by atoms with Gasteiger partial charge in [0.25, 0.3) is 11.7 Å². The summed E-state index contributed by atoms with van der Waals surface area (Å²) >= 11 is 0. The van der Waals surface area contributed by atoms with Gasteiger partial charge >= 0.3 is 0 Å². The number of aliphatic hydroxyl groups excluding tert-OH is 1. The number of rotatable bonds is 9. The molecule has 2 aliphatic heterocycles. The molecule has 3 aromatic rings. The molecule has 1 saturated heterocycles. The lowest BCUT2D eigenvalue weighted by Crippen LogP contribution is -2.29. The number of nitrogens with zero attached hydrogens (tertiary/aromatic N) is 1. The van der Waals surface area contributed by atoms with Crippen molar-refractivity contribution in [3.8, 4) is 17.2 Å².